The van der Waals surface area contributed by atoms with E-state index in [0.717, 1.165) is 12.0 Å². The van der Waals surface area contributed by atoms with Crippen molar-refractivity contribution in [2.75, 3.05) is 0 Å². The molecule has 0 amide bonds. The summed E-state index contributed by atoms with van der Waals surface area (Å²) in [6.45, 7) is 8.12. The van der Waals surface area contributed by atoms with E-state index >= 15 is 0 Å². The highest BCUT2D eigenvalue weighted by Crippen LogP contribution is 2.42. The molecular weight excluding hydrogens is 184 g/mol. The zero-order valence-corrected chi connectivity index (χ0v) is 9.34. The van der Waals surface area contributed by atoms with Crippen molar-refractivity contribution < 1.29 is 4.79 Å². The van der Waals surface area contributed by atoms with Gasteiger partial charge in [-0.25, -0.2) is 0 Å². The van der Waals surface area contributed by atoms with Gasteiger partial charge in [0.05, 0.1) is 0 Å². The number of carbonyl (C=O) groups is 1. The number of benzene rings is 1. The third-order valence-electron chi connectivity index (χ3n) is 3.54. The van der Waals surface area contributed by atoms with Gasteiger partial charge in [0.2, 0.25) is 0 Å². The van der Waals surface area contributed by atoms with Crippen LogP contribution >= 0.6 is 0 Å². The number of allylic oxidation sites excluding steroid dienone is 1. The van der Waals surface area contributed by atoms with Crippen molar-refractivity contribution in [2.24, 2.45) is 0 Å². The Morgan fingerprint density at radius 3 is 2.33 bits per heavy atom. The summed E-state index contributed by atoms with van der Waals surface area (Å²) in [6, 6.07) is 8.41. The van der Waals surface area contributed by atoms with E-state index in [9.17, 15) is 4.79 Å². The van der Waals surface area contributed by atoms with E-state index in [2.05, 4.69) is 44.7 Å². The van der Waals surface area contributed by atoms with Gasteiger partial charge in [-0.05, 0) is 24.5 Å². The minimum atomic E-state index is -0.134. The van der Waals surface area contributed by atoms with Crippen LogP contribution in [0.3, 0.4) is 0 Å². The van der Waals surface area contributed by atoms with Crippen molar-refractivity contribution in [3.8, 4) is 0 Å². The van der Waals surface area contributed by atoms with Gasteiger partial charge in [0, 0.05) is 11.8 Å². The predicted octanol–water partition coefficient (Wildman–Crippen LogP) is 3.17. The van der Waals surface area contributed by atoms with E-state index in [1.807, 2.05) is 0 Å². The van der Waals surface area contributed by atoms with E-state index in [0.29, 0.717) is 6.42 Å². The molecule has 0 heterocycles. The van der Waals surface area contributed by atoms with Crippen molar-refractivity contribution >= 4 is 5.78 Å². The molecule has 1 aromatic rings. The summed E-state index contributed by atoms with van der Waals surface area (Å²) in [5.74, 6) is 0.220. The molecular formula is C14H16O. The monoisotopic (exact) mass is 200 g/mol. The largest absolute Gasteiger partial charge is 0.295 e. The summed E-state index contributed by atoms with van der Waals surface area (Å²) in [4.78, 5) is 11.5. The highest BCUT2D eigenvalue weighted by atomic mass is 16.1. The fraction of sp³-hybridized carbons (Fsp3) is 0.357. The molecule has 0 aromatic heterocycles. The van der Waals surface area contributed by atoms with Crippen LogP contribution in [-0.4, -0.2) is 5.78 Å². The zero-order chi connectivity index (χ0) is 11.1. The van der Waals surface area contributed by atoms with Crippen LogP contribution in [0, 0.1) is 6.92 Å². The van der Waals surface area contributed by atoms with Crippen LogP contribution in [0.5, 0.6) is 0 Å². The molecule has 0 saturated heterocycles. The minimum Gasteiger partial charge on any atom is -0.295 e. The number of ketones is 1. The van der Waals surface area contributed by atoms with Gasteiger partial charge in [0.1, 0.15) is 0 Å². The first-order valence-corrected chi connectivity index (χ1v) is 5.34. The maximum Gasteiger partial charge on any atom is 0.159 e. The smallest absolute Gasteiger partial charge is 0.159 e. The molecule has 1 aliphatic carbocycles. The van der Waals surface area contributed by atoms with Crippen molar-refractivity contribution in [3.05, 3.63) is 47.5 Å². The quantitative estimate of drug-likeness (QED) is 0.636. The lowest BCUT2D eigenvalue weighted by Crippen LogP contribution is -2.20. The highest BCUT2D eigenvalue weighted by Gasteiger charge is 2.39. The van der Waals surface area contributed by atoms with E-state index in [4.69, 9.17) is 0 Å². The van der Waals surface area contributed by atoms with Gasteiger partial charge >= 0.3 is 0 Å². The van der Waals surface area contributed by atoms with Crippen molar-refractivity contribution in [1.29, 1.82) is 0 Å². The minimum absolute atomic E-state index is 0.134. The Morgan fingerprint density at radius 1 is 1.27 bits per heavy atom. The average Bonchev–Trinajstić information content (AvgIpc) is 2.48. The lowest BCUT2D eigenvalue weighted by Gasteiger charge is -2.25. The SMILES string of the molecule is C=C1C(=O)CCC1(C)c1ccc(C)cc1. The first-order chi connectivity index (χ1) is 7.04. The molecule has 0 radical (unpaired) electrons. The summed E-state index contributed by atoms with van der Waals surface area (Å²) < 4.78 is 0. The van der Waals surface area contributed by atoms with Crippen LogP contribution in [0.4, 0.5) is 0 Å². The Labute approximate surface area is 90.8 Å². The van der Waals surface area contributed by atoms with Crippen LogP contribution in [-0.2, 0) is 10.2 Å². The topological polar surface area (TPSA) is 17.1 Å². The molecule has 1 atom stereocenters. The summed E-state index contributed by atoms with van der Waals surface area (Å²) >= 11 is 0. The molecule has 0 N–H and O–H groups in total. The second-order valence-corrected chi connectivity index (χ2v) is 4.60. The molecule has 2 rings (SSSR count). The van der Waals surface area contributed by atoms with E-state index in [1.165, 1.54) is 11.1 Å². The second kappa shape index (κ2) is 3.34. The van der Waals surface area contributed by atoms with Gasteiger partial charge < -0.3 is 0 Å². The third-order valence-corrected chi connectivity index (χ3v) is 3.54. The Morgan fingerprint density at radius 2 is 1.87 bits per heavy atom. The number of carbonyl (C=O) groups excluding carboxylic acids is 1. The molecule has 1 fully saturated rings. The normalized spacial score (nSPS) is 26.0. The lowest BCUT2D eigenvalue weighted by molar-refractivity contribution is -0.114. The van der Waals surface area contributed by atoms with Crippen molar-refractivity contribution in [3.63, 3.8) is 0 Å². The highest BCUT2D eigenvalue weighted by molar-refractivity contribution is 6.00. The molecule has 78 valence electrons. The molecule has 0 bridgehead atoms. The van der Waals surface area contributed by atoms with Crippen LogP contribution < -0.4 is 0 Å². The maximum atomic E-state index is 11.5. The van der Waals surface area contributed by atoms with Crippen LogP contribution in [0.15, 0.2) is 36.4 Å². The Kier molecular flexibility index (Phi) is 2.26. The lowest BCUT2D eigenvalue weighted by atomic mass is 9.78. The Balaban J connectivity index is 2.42. The predicted molar refractivity (Wildman–Crippen MR) is 61.9 cm³/mol. The van der Waals surface area contributed by atoms with Crippen molar-refractivity contribution in [2.45, 2.75) is 32.1 Å². The number of rotatable bonds is 1. The van der Waals surface area contributed by atoms with Gasteiger partial charge in [0.25, 0.3) is 0 Å². The van der Waals surface area contributed by atoms with Gasteiger partial charge in [-0.2, -0.15) is 0 Å². The third kappa shape index (κ3) is 1.52. The van der Waals surface area contributed by atoms with E-state index < -0.39 is 0 Å². The summed E-state index contributed by atoms with van der Waals surface area (Å²) in [7, 11) is 0. The molecule has 0 aliphatic heterocycles. The van der Waals surface area contributed by atoms with Gasteiger partial charge in [-0.1, -0.05) is 43.3 Å². The molecule has 1 aromatic carbocycles. The fourth-order valence-corrected chi connectivity index (χ4v) is 2.21. The number of hydrogen-bond acceptors (Lipinski definition) is 1. The second-order valence-electron chi connectivity index (χ2n) is 4.60. The maximum absolute atomic E-state index is 11.5. The number of hydrogen-bond donors (Lipinski definition) is 0. The van der Waals surface area contributed by atoms with E-state index in [1.54, 1.807) is 0 Å². The number of aryl methyl sites for hydroxylation is 1. The summed E-state index contributed by atoms with van der Waals surface area (Å²) in [5.41, 5.74) is 3.10. The molecule has 0 spiro atoms. The molecule has 1 aliphatic rings. The first-order valence-electron chi connectivity index (χ1n) is 5.34. The molecule has 15 heavy (non-hydrogen) atoms. The Bertz CT molecular complexity index is 413. The van der Waals surface area contributed by atoms with Crippen LogP contribution in [0.25, 0.3) is 0 Å². The van der Waals surface area contributed by atoms with Gasteiger partial charge in [-0.3, -0.25) is 4.79 Å². The zero-order valence-electron chi connectivity index (χ0n) is 9.34. The van der Waals surface area contributed by atoms with Crippen LogP contribution in [0.2, 0.25) is 0 Å². The first kappa shape index (κ1) is 10.2. The standard InChI is InChI=1S/C14H16O/c1-10-4-6-12(7-5-10)14(3)9-8-13(15)11(14)2/h4-7H,2,8-9H2,1,3H3. The summed E-state index contributed by atoms with van der Waals surface area (Å²) in [6.07, 6.45) is 1.54. The van der Waals surface area contributed by atoms with Gasteiger partial charge in [-0.15, -0.1) is 0 Å². The summed E-state index contributed by atoms with van der Waals surface area (Å²) in [5, 5.41) is 0. The number of Topliss-reactive ketones (excluding diaryl/α,β-unsaturated/α-hetero) is 1. The van der Waals surface area contributed by atoms with Gasteiger partial charge in [0.15, 0.2) is 5.78 Å². The molecule has 1 heteroatoms. The average molecular weight is 200 g/mol. The fourth-order valence-electron chi connectivity index (χ4n) is 2.21. The van der Waals surface area contributed by atoms with E-state index in [-0.39, 0.29) is 11.2 Å². The van der Waals surface area contributed by atoms with Crippen molar-refractivity contribution in [1.82, 2.24) is 0 Å². The Hall–Kier alpha value is -1.37. The molecule has 1 unspecified atom stereocenters. The molecule has 1 saturated carbocycles. The van der Waals surface area contributed by atoms with Crippen LogP contribution in [0.1, 0.15) is 30.9 Å². The molecule has 1 nitrogen and oxygen atoms in total.